The number of carbonyl (C=O) groups is 1. The summed E-state index contributed by atoms with van der Waals surface area (Å²) >= 11 is 0. The number of hydrogen-bond acceptors (Lipinski definition) is 6. The Morgan fingerprint density at radius 1 is 0.848 bits per heavy atom. The number of rotatable bonds is 13. The lowest BCUT2D eigenvalue weighted by Crippen LogP contribution is -2.30. The number of aryl methyl sites for hydroxylation is 1. The molecule has 2 aromatic heterocycles. The molecule has 2 heterocycles. The second kappa shape index (κ2) is 14.5. The van der Waals surface area contributed by atoms with Gasteiger partial charge >= 0.3 is 0 Å². The van der Waals surface area contributed by atoms with Gasteiger partial charge in [0.2, 0.25) is 5.43 Å². The molecule has 8 heteroatoms. The number of nitrogens with one attached hydrogen (secondary N) is 2. The zero-order valence-electron chi connectivity index (χ0n) is 26.7. The first-order chi connectivity index (χ1) is 22.6. The van der Waals surface area contributed by atoms with E-state index in [-0.39, 0.29) is 16.9 Å². The number of benzene rings is 3. The van der Waals surface area contributed by atoms with E-state index in [0.29, 0.717) is 18.5 Å². The molecule has 0 saturated carbocycles. The van der Waals surface area contributed by atoms with Gasteiger partial charge in [-0.05, 0) is 92.1 Å². The number of methoxy groups -OCH3 is 2. The monoisotopic (exact) mass is 618 g/mol. The van der Waals surface area contributed by atoms with Gasteiger partial charge in [0.15, 0.2) is 0 Å². The minimum Gasteiger partial charge on any atom is -0.497 e. The zero-order valence-corrected chi connectivity index (χ0v) is 26.7. The average molecular weight is 619 g/mol. The Hall–Kier alpha value is -4.85. The van der Waals surface area contributed by atoms with E-state index in [2.05, 4.69) is 22.8 Å². The molecule has 1 amide bonds. The molecule has 0 bridgehead atoms. The minimum absolute atomic E-state index is 0.168. The van der Waals surface area contributed by atoms with Crippen LogP contribution in [0.1, 0.15) is 65.7 Å². The summed E-state index contributed by atoms with van der Waals surface area (Å²) in [5.74, 6) is 1.30. The van der Waals surface area contributed by atoms with Gasteiger partial charge in [-0.25, -0.2) is 0 Å². The van der Waals surface area contributed by atoms with Gasteiger partial charge < -0.3 is 24.7 Å². The van der Waals surface area contributed by atoms with E-state index in [1.54, 1.807) is 26.5 Å². The number of pyridine rings is 2. The average Bonchev–Trinajstić information content (AvgIpc) is 3.10. The lowest BCUT2D eigenvalue weighted by Gasteiger charge is -2.22. The Bertz CT molecular complexity index is 1900. The molecule has 2 N–H and O–H groups in total. The van der Waals surface area contributed by atoms with Gasteiger partial charge in [-0.15, -0.1) is 0 Å². The summed E-state index contributed by atoms with van der Waals surface area (Å²) in [6.07, 6.45) is 10.1. The van der Waals surface area contributed by atoms with Crippen molar-refractivity contribution in [1.29, 1.82) is 0 Å². The number of hydrogen-bond donors (Lipinski definition) is 2. The van der Waals surface area contributed by atoms with Crippen LogP contribution in [0.5, 0.6) is 11.5 Å². The maximum atomic E-state index is 13.3. The van der Waals surface area contributed by atoms with Crippen LogP contribution in [0.4, 0.5) is 5.69 Å². The van der Waals surface area contributed by atoms with Crippen molar-refractivity contribution in [3.05, 3.63) is 106 Å². The van der Waals surface area contributed by atoms with Crippen LogP contribution >= 0.6 is 0 Å². The van der Waals surface area contributed by atoms with Crippen LogP contribution < -0.4 is 25.5 Å². The van der Waals surface area contributed by atoms with Gasteiger partial charge in [0.1, 0.15) is 17.1 Å². The number of ether oxygens (including phenoxy) is 2. The molecular formula is C38H42N4O4. The summed E-state index contributed by atoms with van der Waals surface area (Å²) in [5.41, 5.74) is 6.57. The molecule has 46 heavy (non-hydrogen) atoms. The molecule has 238 valence electrons. The Kier molecular flexibility index (Phi) is 9.82. The summed E-state index contributed by atoms with van der Waals surface area (Å²) in [5, 5.41) is 8.39. The third-order valence-electron chi connectivity index (χ3n) is 8.90. The highest BCUT2D eigenvalue weighted by Gasteiger charge is 2.19. The van der Waals surface area contributed by atoms with E-state index >= 15 is 0 Å². The van der Waals surface area contributed by atoms with E-state index in [0.717, 1.165) is 78.6 Å². The Morgan fingerprint density at radius 2 is 1.59 bits per heavy atom. The molecule has 6 rings (SSSR count). The van der Waals surface area contributed by atoms with Crippen LogP contribution in [0, 0.1) is 0 Å². The summed E-state index contributed by atoms with van der Waals surface area (Å²) in [7, 11) is 3.34. The molecule has 0 aliphatic heterocycles. The standard InChI is InChI=1S/C38H42N4O4/c1-45-27-17-15-26(16-18-27)24-42-25-32(37(43)30-12-6-8-14-35(30)42)38(44)40-22-10-4-3-9-21-39-36-29-11-5-7-13-33(29)41-34-20-19-28(46-2)23-31(34)36/h6,8,12,14-20,23,25H,3-5,7,9-11,13,21-22,24H2,1-2H3,(H,39,41)(H,40,44). The fraction of sp³-hybridized carbons (Fsp3) is 0.342. The second-order valence-corrected chi connectivity index (χ2v) is 12.0. The van der Waals surface area contributed by atoms with E-state index in [1.165, 1.54) is 29.8 Å². The van der Waals surface area contributed by atoms with Crippen LogP contribution in [0.25, 0.3) is 21.8 Å². The van der Waals surface area contributed by atoms with Gasteiger partial charge in [0.25, 0.3) is 5.91 Å². The van der Waals surface area contributed by atoms with Crippen LogP contribution in [0.3, 0.4) is 0 Å². The lowest BCUT2D eigenvalue weighted by atomic mass is 9.92. The number of nitrogens with zero attached hydrogens (tertiary/aromatic N) is 2. The van der Waals surface area contributed by atoms with Crippen molar-refractivity contribution >= 4 is 33.4 Å². The second-order valence-electron chi connectivity index (χ2n) is 12.0. The maximum absolute atomic E-state index is 13.3. The Balaban J connectivity index is 1.03. The molecule has 1 aliphatic rings. The van der Waals surface area contributed by atoms with Crippen molar-refractivity contribution in [2.24, 2.45) is 0 Å². The maximum Gasteiger partial charge on any atom is 0.256 e. The fourth-order valence-electron chi connectivity index (χ4n) is 6.41. The highest BCUT2D eigenvalue weighted by atomic mass is 16.5. The summed E-state index contributed by atoms with van der Waals surface area (Å²) in [6.45, 7) is 1.93. The summed E-state index contributed by atoms with van der Waals surface area (Å²) in [4.78, 5) is 31.4. The fourth-order valence-corrected chi connectivity index (χ4v) is 6.41. The normalized spacial score (nSPS) is 12.6. The van der Waals surface area contributed by atoms with Gasteiger partial charge in [0, 0.05) is 48.0 Å². The third kappa shape index (κ3) is 6.86. The van der Waals surface area contributed by atoms with E-state index in [9.17, 15) is 9.59 Å². The van der Waals surface area contributed by atoms with Gasteiger partial charge in [-0.3, -0.25) is 14.6 Å². The molecule has 0 fully saturated rings. The molecule has 0 atom stereocenters. The molecule has 5 aromatic rings. The predicted octanol–water partition coefficient (Wildman–Crippen LogP) is 6.90. The number of fused-ring (bicyclic) bond motifs is 3. The van der Waals surface area contributed by atoms with Crippen LogP contribution in [0.2, 0.25) is 0 Å². The minimum atomic E-state index is -0.328. The van der Waals surface area contributed by atoms with Gasteiger partial charge in [-0.2, -0.15) is 0 Å². The predicted molar refractivity (Wildman–Crippen MR) is 185 cm³/mol. The molecule has 3 aromatic carbocycles. The molecule has 0 saturated heterocycles. The topological polar surface area (TPSA) is 94.5 Å². The van der Waals surface area contributed by atoms with Crippen molar-refractivity contribution in [3.8, 4) is 11.5 Å². The first-order valence-electron chi connectivity index (χ1n) is 16.3. The number of para-hydroxylation sites is 1. The molecule has 1 aliphatic carbocycles. The van der Waals surface area contributed by atoms with Crippen molar-refractivity contribution in [2.75, 3.05) is 32.6 Å². The SMILES string of the molecule is COc1ccc(Cn2cc(C(=O)NCCCCCCNc3c4c(nc5ccc(OC)cc35)CCCC4)c(=O)c3ccccc32)cc1. The first kappa shape index (κ1) is 31.1. The summed E-state index contributed by atoms with van der Waals surface area (Å²) < 4.78 is 12.8. The van der Waals surface area contributed by atoms with E-state index in [1.807, 2.05) is 53.1 Å². The van der Waals surface area contributed by atoms with Crippen molar-refractivity contribution in [2.45, 2.75) is 57.9 Å². The van der Waals surface area contributed by atoms with Crippen LogP contribution in [0.15, 0.2) is 77.7 Å². The number of carbonyl (C=O) groups excluding carboxylic acids is 1. The van der Waals surface area contributed by atoms with Crippen molar-refractivity contribution in [3.63, 3.8) is 0 Å². The van der Waals surface area contributed by atoms with Gasteiger partial charge in [0.05, 0.1) is 25.3 Å². The molecule has 0 unspecified atom stereocenters. The molecule has 0 spiro atoms. The smallest absolute Gasteiger partial charge is 0.256 e. The van der Waals surface area contributed by atoms with E-state index in [4.69, 9.17) is 14.5 Å². The van der Waals surface area contributed by atoms with E-state index < -0.39 is 0 Å². The van der Waals surface area contributed by atoms with Crippen LogP contribution in [-0.2, 0) is 19.4 Å². The van der Waals surface area contributed by atoms with Crippen molar-refractivity contribution in [1.82, 2.24) is 14.9 Å². The number of unbranched alkanes of at least 4 members (excludes halogenated alkanes) is 3. The number of anilines is 1. The Morgan fingerprint density at radius 3 is 2.39 bits per heavy atom. The Labute approximate surface area is 269 Å². The van der Waals surface area contributed by atoms with Crippen LogP contribution in [-0.4, -0.2) is 42.8 Å². The molecule has 8 nitrogen and oxygen atoms in total. The van der Waals surface area contributed by atoms with Gasteiger partial charge in [-0.1, -0.05) is 37.1 Å². The number of amides is 1. The summed E-state index contributed by atoms with van der Waals surface area (Å²) in [6, 6.07) is 21.4. The highest BCUT2D eigenvalue weighted by Crippen LogP contribution is 2.35. The molecular weight excluding hydrogens is 576 g/mol. The lowest BCUT2D eigenvalue weighted by molar-refractivity contribution is 0.0951. The third-order valence-corrected chi connectivity index (χ3v) is 8.90. The largest absolute Gasteiger partial charge is 0.497 e. The first-order valence-corrected chi connectivity index (χ1v) is 16.3. The number of aromatic nitrogens is 2. The highest BCUT2D eigenvalue weighted by molar-refractivity contribution is 5.97. The molecule has 0 radical (unpaired) electrons. The zero-order chi connectivity index (χ0) is 31.9. The van der Waals surface area contributed by atoms with Crippen molar-refractivity contribution < 1.29 is 14.3 Å². The quantitative estimate of drug-likeness (QED) is 0.140.